The summed E-state index contributed by atoms with van der Waals surface area (Å²) in [6, 6.07) is 4.49. The number of hydrogen-bond donors (Lipinski definition) is 3. The first kappa shape index (κ1) is 14.6. The average Bonchev–Trinajstić information content (AvgIpc) is 2.76. The molecule has 0 saturated heterocycles. The van der Waals surface area contributed by atoms with E-state index in [1.807, 2.05) is 0 Å². The maximum absolute atomic E-state index is 11.6. The summed E-state index contributed by atoms with van der Waals surface area (Å²) < 4.78 is 0. The Labute approximate surface area is 119 Å². The second kappa shape index (κ2) is 6.49. The average molecular weight is 308 g/mol. The van der Waals surface area contributed by atoms with E-state index in [2.05, 4.69) is 20.6 Å². The number of nitrogens with zero attached hydrogens (tertiary/aromatic N) is 1. The van der Waals surface area contributed by atoms with Gasteiger partial charge < -0.3 is 10.3 Å². The van der Waals surface area contributed by atoms with Gasteiger partial charge in [-0.25, -0.2) is 9.78 Å². The molecule has 0 radical (unpaired) electrons. The first-order valence-electron chi connectivity index (χ1n) is 4.68. The third-order valence-electron chi connectivity index (χ3n) is 1.93. The summed E-state index contributed by atoms with van der Waals surface area (Å²) in [6.07, 6.45) is 3.12. The Bertz CT molecular complexity index is 510. The van der Waals surface area contributed by atoms with Crippen LogP contribution in [0.15, 0.2) is 30.6 Å². The topological polar surface area (TPSA) is 69.8 Å². The zero-order chi connectivity index (χ0) is 12.3. The van der Waals surface area contributed by atoms with Crippen LogP contribution in [0.1, 0.15) is 0 Å². The Morgan fingerprint density at radius 1 is 1.22 bits per heavy atom. The van der Waals surface area contributed by atoms with Crippen molar-refractivity contribution in [2.45, 2.75) is 0 Å². The highest BCUT2D eigenvalue weighted by molar-refractivity contribution is 6.39. The van der Waals surface area contributed by atoms with Gasteiger partial charge >= 0.3 is 6.03 Å². The Morgan fingerprint density at radius 3 is 2.44 bits per heavy atom. The number of carbonyl (C=O) groups is 1. The third kappa shape index (κ3) is 3.53. The molecule has 0 unspecified atom stereocenters. The molecular formula is C10H9Cl3N4O. The van der Waals surface area contributed by atoms with Crippen LogP contribution in [0, 0.1) is 0 Å². The van der Waals surface area contributed by atoms with E-state index in [0.29, 0.717) is 21.7 Å². The molecule has 96 valence electrons. The van der Waals surface area contributed by atoms with E-state index in [1.54, 1.807) is 24.4 Å². The highest BCUT2D eigenvalue weighted by Gasteiger charge is 2.09. The van der Waals surface area contributed by atoms with Crippen LogP contribution in [0.4, 0.5) is 16.4 Å². The number of anilines is 2. The highest BCUT2D eigenvalue weighted by Crippen LogP contribution is 2.29. The molecule has 8 heteroatoms. The largest absolute Gasteiger partial charge is 0.331 e. The van der Waals surface area contributed by atoms with Crippen LogP contribution < -0.4 is 10.6 Å². The summed E-state index contributed by atoms with van der Waals surface area (Å²) >= 11 is 11.8. The Balaban J connectivity index is 0.00000162. The lowest BCUT2D eigenvalue weighted by atomic mass is 10.3. The Kier molecular flexibility index (Phi) is 5.27. The van der Waals surface area contributed by atoms with E-state index in [0.717, 1.165) is 0 Å². The molecule has 1 heterocycles. The minimum atomic E-state index is -0.477. The number of amides is 2. The molecule has 2 rings (SSSR count). The van der Waals surface area contributed by atoms with Crippen LogP contribution in [-0.2, 0) is 0 Å². The lowest BCUT2D eigenvalue weighted by Crippen LogP contribution is -2.20. The summed E-state index contributed by atoms with van der Waals surface area (Å²) in [5.74, 6) is 0.339. The van der Waals surface area contributed by atoms with Crippen LogP contribution >= 0.6 is 35.6 Å². The molecule has 0 aliphatic carbocycles. The minimum Gasteiger partial charge on any atom is -0.331 e. The van der Waals surface area contributed by atoms with Gasteiger partial charge in [-0.1, -0.05) is 29.3 Å². The molecule has 0 aliphatic rings. The van der Waals surface area contributed by atoms with Gasteiger partial charge in [-0.2, -0.15) is 0 Å². The molecule has 5 nitrogen and oxygen atoms in total. The van der Waals surface area contributed by atoms with Gasteiger partial charge in [0.05, 0.1) is 15.7 Å². The fourth-order valence-corrected chi connectivity index (χ4v) is 1.70. The number of halogens is 3. The van der Waals surface area contributed by atoms with Gasteiger partial charge in [-0.05, 0) is 12.1 Å². The summed E-state index contributed by atoms with van der Waals surface area (Å²) in [7, 11) is 0. The number of hydrogen-bond acceptors (Lipinski definition) is 2. The summed E-state index contributed by atoms with van der Waals surface area (Å²) in [5, 5.41) is 5.77. The lowest BCUT2D eigenvalue weighted by molar-refractivity contribution is 0.262. The van der Waals surface area contributed by atoms with Gasteiger partial charge in [0.1, 0.15) is 0 Å². The van der Waals surface area contributed by atoms with Crippen LogP contribution in [0.25, 0.3) is 0 Å². The van der Waals surface area contributed by atoms with E-state index in [4.69, 9.17) is 23.2 Å². The molecule has 0 atom stereocenters. The number of benzene rings is 1. The molecule has 0 fully saturated rings. The first-order chi connectivity index (χ1) is 8.16. The standard InChI is InChI=1S/C10H8Cl2N4O.ClH/c11-6-2-1-3-7(12)8(6)15-10(17)16-9-13-4-5-14-9;/h1-5H,(H3,13,14,15,16,17);1H. The summed E-state index contributed by atoms with van der Waals surface area (Å²) in [6.45, 7) is 0. The quantitative estimate of drug-likeness (QED) is 0.790. The fourth-order valence-electron chi connectivity index (χ4n) is 1.20. The van der Waals surface area contributed by atoms with Gasteiger partial charge in [0.15, 0.2) is 0 Å². The predicted molar refractivity (Wildman–Crippen MR) is 74.9 cm³/mol. The second-order valence-electron chi connectivity index (χ2n) is 3.11. The maximum atomic E-state index is 11.6. The van der Waals surface area contributed by atoms with Gasteiger partial charge in [0, 0.05) is 12.4 Å². The molecule has 18 heavy (non-hydrogen) atoms. The van der Waals surface area contributed by atoms with E-state index < -0.39 is 6.03 Å². The van der Waals surface area contributed by atoms with Crippen molar-refractivity contribution in [3.8, 4) is 0 Å². The number of rotatable bonds is 2. The molecular weight excluding hydrogens is 298 g/mol. The second-order valence-corrected chi connectivity index (χ2v) is 3.93. The van der Waals surface area contributed by atoms with E-state index in [-0.39, 0.29) is 12.4 Å². The smallest absolute Gasteiger partial charge is 0.326 e. The van der Waals surface area contributed by atoms with Crippen molar-refractivity contribution in [2.75, 3.05) is 10.6 Å². The number of carbonyl (C=O) groups excluding carboxylic acids is 1. The third-order valence-corrected chi connectivity index (χ3v) is 2.56. The molecule has 1 aromatic heterocycles. The fraction of sp³-hybridized carbons (Fsp3) is 0. The van der Waals surface area contributed by atoms with Crippen molar-refractivity contribution < 1.29 is 4.79 Å². The molecule has 0 saturated carbocycles. The molecule has 2 aromatic rings. The van der Waals surface area contributed by atoms with Crippen molar-refractivity contribution in [1.82, 2.24) is 9.97 Å². The number of aromatic nitrogens is 2. The van der Waals surface area contributed by atoms with Gasteiger partial charge in [-0.15, -0.1) is 12.4 Å². The van der Waals surface area contributed by atoms with Gasteiger partial charge in [0.25, 0.3) is 0 Å². The van der Waals surface area contributed by atoms with Crippen LogP contribution in [0.3, 0.4) is 0 Å². The van der Waals surface area contributed by atoms with Crippen LogP contribution in [0.5, 0.6) is 0 Å². The van der Waals surface area contributed by atoms with Crippen molar-refractivity contribution in [3.63, 3.8) is 0 Å². The zero-order valence-corrected chi connectivity index (χ0v) is 11.2. The summed E-state index contributed by atoms with van der Waals surface area (Å²) in [4.78, 5) is 18.2. The molecule has 0 aliphatic heterocycles. The minimum absolute atomic E-state index is 0. The Morgan fingerprint density at radius 2 is 1.89 bits per heavy atom. The normalized spacial score (nSPS) is 9.44. The molecule has 0 spiro atoms. The predicted octanol–water partition coefficient (Wildman–Crippen LogP) is 3.78. The molecule has 3 N–H and O–H groups in total. The van der Waals surface area contributed by atoms with E-state index >= 15 is 0 Å². The first-order valence-corrected chi connectivity index (χ1v) is 5.44. The Hall–Kier alpha value is -1.43. The van der Waals surface area contributed by atoms with Gasteiger partial charge in [-0.3, -0.25) is 5.32 Å². The van der Waals surface area contributed by atoms with Crippen molar-refractivity contribution in [2.24, 2.45) is 0 Å². The number of urea groups is 1. The van der Waals surface area contributed by atoms with Crippen LogP contribution in [-0.4, -0.2) is 16.0 Å². The van der Waals surface area contributed by atoms with E-state index in [9.17, 15) is 4.79 Å². The van der Waals surface area contributed by atoms with Crippen molar-refractivity contribution in [1.29, 1.82) is 0 Å². The number of para-hydroxylation sites is 1. The molecule has 1 aromatic carbocycles. The lowest BCUT2D eigenvalue weighted by Gasteiger charge is -2.08. The monoisotopic (exact) mass is 306 g/mol. The van der Waals surface area contributed by atoms with Crippen molar-refractivity contribution >= 4 is 53.3 Å². The maximum Gasteiger partial charge on any atom is 0.326 e. The number of H-pyrrole nitrogens is 1. The van der Waals surface area contributed by atoms with Gasteiger partial charge in [0.2, 0.25) is 5.95 Å². The zero-order valence-electron chi connectivity index (χ0n) is 8.91. The highest BCUT2D eigenvalue weighted by atomic mass is 35.5. The van der Waals surface area contributed by atoms with Crippen LogP contribution in [0.2, 0.25) is 10.0 Å². The molecule has 2 amide bonds. The SMILES string of the molecule is Cl.O=C(Nc1ncc[nH]1)Nc1c(Cl)cccc1Cl. The van der Waals surface area contributed by atoms with E-state index in [1.165, 1.54) is 6.20 Å². The number of aromatic amines is 1. The summed E-state index contributed by atoms with van der Waals surface area (Å²) in [5.41, 5.74) is 0.361. The van der Waals surface area contributed by atoms with Crippen molar-refractivity contribution in [3.05, 3.63) is 40.6 Å². The number of nitrogens with one attached hydrogen (secondary N) is 3. The molecule has 0 bridgehead atoms. The number of imidazole rings is 1.